The van der Waals surface area contributed by atoms with Gasteiger partial charge in [-0.05, 0) is 62.7 Å². The molecule has 0 N–H and O–H groups in total. The van der Waals surface area contributed by atoms with E-state index >= 15 is 0 Å². The van der Waals surface area contributed by atoms with Gasteiger partial charge in [-0.1, -0.05) is 26.0 Å². The van der Waals surface area contributed by atoms with Crippen molar-refractivity contribution >= 4 is 34.8 Å². The number of carbonyl (C=O) groups is 2. The fraction of sp³-hybridized carbons (Fsp3) is 0.333. The van der Waals surface area contributed by atoms with E-state index in [0.717, 1.165) is 5.75 Å². The van der Waals surface area contributed by atoms with Crippen LogP contribution in [0.25, 0.3) is 5.57 Å². The Bertz CT molecular complexity index is 946. The molecule has 0 saturated heterocycles. The zero-order valence-electron chi connectivity index (χ0n) is 18.0. The largest absolute Gasteiger partial charge is 0.494 e. The molecule has 0 fully saturated rings. The van der Waals surface area contributed by atoms with Crippen molar-refractivity contribution in [2.75, 3.05) is 11.5 Å². The van der Waals surface area contributed by atoms with E-state index in [4.69, 9.17) is 9.47 Å². The molecule has 1 heterocycles. The number of anilines is 1. The number of benzene rings is 2. The Kier molecular flexibility index (Phi) is 6.87. The van der Waals surface area contributed by atoms with Gasteiger partial charge in [-0.15, -0.1) is 11.8 Å². The predicted molar refractivity (Wildman–Crippen MR) is 122 cm³/mol. The van der Waals surface area contributed by atoms with E-state index in [2.05, 4.69) is 0 Å². The normalized spacial score (nSPS) is 14.3. The number of rotatable bonds is 8. The summed E-state index contributed by atoms with van der Waals surface area (Å²) >= 11 is 1.41. The van der Waals surface area contributed by atoms with Crippen LogP contribution in [0.1, 0.15) is 40.2 Å². The van der Waals surface area contributed by atoms with Gasteiger partial charge in [0, 0.05) is 5.25 Å². The average Bonchev–Trinajstić information content (AvgIpc) is 2.92. The zero-order valence-corrected chi connectivity index (χ0v) is 18.8. The summed E-state index contributed by atoms with van der Waals surface area (Å²) in [6.07, 6.45) is 0.0490. The van der Waals surface area contributed by atoms with Crippen LogP contribution < -0.4 is 14.4 Å². The minimum atomic E-state index is -0.315. The molecule has 158 valence electrons. The van der Waals surface area contributed by atoms with E-state index in [1.54, 1.807) is 24.3 Å². The summed E-state index contributed by atoms with van der Waals surface area (Å²) in [5.74, 6) is 0.823. The number of hydrogen-bond donors (Lipinski definition) is 0. The van der Waals surface area contributed by atoms with Crippen LogP contribution in [-0.2, 0) is 9.59 Å². The minimum absolute atomic E-state index is 0.0490. The van der Waals surface area contributed by atoms with Crippen LogP contribution in [0.4, 0.5) is 5.69 Å². The molecule has 0 bridgehead atoms. The fourth-order valence-corrected chi connectivity index (χ4v) is 4.16. The summed E-state index contributed by atoms with van der Waals surface area (Å²) in [5, 5.41) is 0.163. The SMILES string of the molecule is CCOc1ccc(C2=C(SC(C)C)C(=O)N(c3ccc(OC(C)C)cc3)C2=O)cc1. The number of hydrogen-bond acceptors (Lipinski definition) is 5. The molecule has 0 radical (unpaired) electrons. The number of imide groups is 1. The van der Waals surface area contributed by atoms with Gasteiger partial charge in [0.15, 0.2) is 0 Å². The highest BCUT2D eigenvalue weighted by molar-refractivity contribution is 8.04. The summed E-state index contributed by atoms with van der Waals surface area (Å²) < 4.78 is 11.2. The highest BCUT2D eigenvalue weighted by Gasteiger charge is 2.40. The second-order valence-corrected chi connectivity index (χ2v) is 9.02. The highest BCUT2D eigenvalue weighted by Crippen LogP contribution is 2.40. The van der Waals surface area contributed by atoms with Crippen molar-refractivity contribution in [1.82, 2.24) is 0 Å². The van der Waals surface area contributed by atoms with Crippen molar-refractivity contribution < 1.29 is 19.1 Å². The third kappa shape index (κ3) is 4.70. The van der Waals surface area contributed by atoms with Gasteiger partial charge in [0.05, 0.1) is 28.9 Å². The number of nitrogens with zero attached hydrogens (tertiary/aromatic N) is 1. The van der Waals surface area contributed by atoms with Crippen LogP contribution in [0.15, 0.2) is 53.4 Å². The molecular formula is C24H27NO4S. The second-order valence-electron chi connectivity index (χ2n) is 7.43. The van der Waals surface area contributed by atoms with Crippen molar-refractivity contribution in [2.45, 2.75) is 46.0 Å². The summed E-state index contributed by atoms with van der Waals surface area (Å²) in [5.41, 5.74) is 1.68. The summed E-state index contributed by atoms with van der Waals surface area (Å²) in [6, 6.07) is 14.3. The van der Waals surface area contributed by atoms with E-state index < -0.39 is 0 Å². The van der Waals surface area contributed by atoms with Gasteiger partial charge in [0.25, 0.3) is 11.8 Å². The molecule has 0 aliphatic carbocycles. The molecule has 2 aromatic rings. The Labute approximate surface area is 182 Å². The van der Waals surface area contributed by atoms with Crippen molar-refractivity contribution in [3.63, 3.8) is 0 Å². The maximum Gasteiger partial charge on any atom is 0.272 e. The quantitative estimate of drug-likeness (QED) is 0.537. The Morgan fingerprint density at radius 2 is 1.47 bits per heavy atom. The Morgan fingerprint density at radius 1 is 0.867 bits per heavy atom. The highest BCUT2D eigenvalue weighted by atomic mass is 32.2. The lowest BCUT2D eigenvalue weighted by Crippen LogP contribution is -2.31. The molecule has 0 saturated carbocycles. The minimum Gasteiger partial charge on any atom is -0.494 e. The standard InChI is InChI=1S/C24H27NO4S/c1-6-28-19-11-7-17(8-12-19)21-22(30-16(4)5)24(27)25(23(21)26)18-9-13-20(14-10-18)29-15(2)3/h7-16H,6H2,1-5H3. The summed E-state index contributed by atoms with van der Waals surface area (Å²) in [6.45, 7) is 10.4. The maximum absolute atomic E-state index is 13.4. The number of carbonyl (C=O) groups excluding carboxylic acids is 2. The van der Waals surface area contributed by atoms with Gasteiger partial charge in [-0.2, -0.15) is 0 Å². The molecule has 1 aliphatic heterocycles. The Hall–Kier alpha value is -2.73. The van der Waals surface area contributed by atoms with Gasteiger partial charge in [-0.3, -0.25) is 9.59 Å². The molecular weight excluding hydrogens is 398 g/mol. The fourth-order valence-electron chi connectivity index (χ4n) is 3.17. The number of ether oxygens (including phenoxy) is 2. The van der Waals surface area contributed by atoms with Crippen LogP contribution in [0.5, 0.6) is 11.5 Å². The smallest absolute Gasteiger partial charge is 0.272 e. The molecule has 6 heteroatoms. The lowest BCUT2D eigenvalue weighted by molar-refractivity contribution is -0.119. The topological polar surface area (TPSA) is 55.8 Å². The average molecular weight is 426 g/mol. The van der Waals surface area contributed by atoms with Crippen LogP contribution >= 0.6 is 11.8 Å². The molecule has 3 rings (SSSR count). The predicted octanol–water partition coefficient (Wildman–Crippen LogP) is 5.30. The first-order valence-electron chi connectivity index (χ1n) is 10.1. The van der Waals surface area contributed by atoms with Crippen molar-refractivity contribution in [3.8, 4) is 11.5 Å². The Morgan fingerprint density at radius 3 is 2.00 bits per heavy atom. The molecule has 0 spiro atoms. The van der Waals surface area contributed by atoms with Crippen molar-refractivity contribution in [2.24, 2.45) is 0 Å². The number of amides is 2. The first-order valence-corrected chi connectivity index (χ1v) is 11.0. The second kappa shape index (κ2) is 9.39. The Balaban J connectivity index is 1.96. The summed E-state index contributed by atoms with van der Waals surface area (Å²) in [4.78, 5) is 28.3. The molecule has 1 aliphatic rings. The molecule has 2 aromatic carbocycles. The van der Waals surface area contributed by atoms with E-state index in [-0.39, 0.29) is 23.2 Å². The van der Waals surface area contributed by atoms with Crippen LogP contribution in [0, 0.1) is 0 Å². The molecule has 0 aromatic heterocycles. The lowest BCUT2D eigenvalue weighted by atomic mass is 10.1. The van der Waals surface area contributed by atoms with Gasteiger partial charge >= 0.3 is 0 Å². The van der Waals surface area contributed by atoms with E-state index in [1.807, 2.05) is 58.9 Å². The van der Waals surface area contributed by atoms with Gasteiger partial charge in [-0.25, -0.2) is 4.90 Å². The van der Waals surface area contributed by atoms with Crippen molar-refractivity contribution in [1.29, 1.82) is 0 Å². The third-order valence-electron chi connectivity index (χ3n) is 4.32. The van der Waals surface area contributed by atoms with E-state index in [0.29, 0.717) is 34.1 Å². The van der Waals surface area contributed by atoms with E-state index in [9.17, 15) is 9.59 Å². The monoisotopic (exact) mass is 425 g/mol. The first kappa shape index (κ1) is 22.0. The van der Waals surface area contributed by atoms with Gasteiger partial charge in [0.2, 0.25) is 0 Å². The number of thioether (sulfide) groups is 1. The van der Waals surface area contributed by atoms with Crippen molar-refractivity contribution in [3.05, 3.63) is 59.0 Å². The molecule has 30 heavy (non-hydrogen) atoms. The van der Waals surface area contributed by atoms with Crippen LogP contribution in [0.3, 0.4) is 0 Å². The van der Waals surface area contributed by atoms with Crippen LogP contribution in [0.2, 0.25) is 0 Å². The summed E-state index contributed by atoms with van der Waals surface area (Å²) in [7, 11) is 0. The third-order valence-corrected chi connectivity index (χ3v) is 5.40. The zero-order chi connectivity index (χ0) is 21.8. The van der Waals surface area contributed by atoms with Crippen LogP contribution in [-0.4, -0.2) is 29.8 Å². The molecule has 0 atom stereocenters. The van der Waals surface area contributed by atoms with E-state index in [1.165, 1.54) is 16.7 Å². The molecule has 5 nitrogen and oxygen atoms in total. The first-order chi connectivity index (χ1) is 14.3. The van der Waals surface area contributed by atoms with Gasteiger partial charge < -0.3 is 9.47 Å². The van der Waals surface area contributed by atoms with Gasteiger partial charge in [0.1, 0.15) is 11.5 Å². The molecule has 2 amide bonds. The maximum atomic E-state index is 13.4. The lowest BCUT2D eigenvalue weighted by Gasteiger charge is -2.17. The molecule has 0 unspecified atom stereocenters.